The summed E-state index contributed by atoms with van der Waals surface area (Å²) < 4.78 is 33.5. The number of hydrogen-bond donors (Lipinski definition) is 6. The van der Waals surface area contributed by atoms with Crippen LogP contribution < -0.4 is 0 Å². The number of aliphatic hydroxyl groups is 5. The summed E-state index contributed by atoms with van der Waals surface area (Å²) >= 11 is 0. The van der Waals surface area contributed by atoms with Gasteiger partial charge in [0, 0.05) is 12.8 Å². The van der Waals surface area contributed by atoms with Crippen molar-refractivity contribution in [1.29, 1.82) is 0 Å². The zero-order chi connectivity index (χ0) is 45.0. The second kappa shape index (κ2) is 37.4. The van der Waals surface area contributed by atoms with Crippen molar-refractivity contribution in [3.05, 3.63) is 36.5 Å². The van der Waals surface area contributed by atoms with Crippen molar-refractivity contribution >= 4 is 19.8 Å². The molecule has 0 bridgehead atoms. The van der Waals surface area contributed by atoms with E-state index in [2.05, 4.69) is 50.3 Å². The normalized spacial score (nSPS) is 22.3. The van der Waals surface area contributed by atoms with Crippen LogP contribution in [-0.2, 0) is 32.7 Å². The molecule has 13 nitrogen and oxygen atoms in total. The molecule has 0 saturated heterocycles. The molecule has 356 valence electrons. The molecule has 0 aromatic carbocycles. The predicted octanol–water partition coefficient (Wildman–Crippen LogP) is 9.39. The summed E-state index contributed by atoms with van der Waals surface area (Å²) in [6, 6.07) is 0. The number of allylic oxidation sites excluding steroid dienone is 6. The Morgan fingerprint density at radius 3 is 1.38 bits per heavy atom. The van der Waals surface area contributed by atoms with E-state index in [1.54, 1.807) is 0 Å². The van der Waals surface area contributed by atoms with Crippen molar-refractivity contribution in [3.8, 4) is 0 Å². The number of ether oxygens (including phenoxy) is 2. The minimum atomic E-state index is -5.12. The van der Waals surface area contributed by atoms with Crippen LogP contribution in [0, 0.1) is 0 Å². The fraction of sp³-hybridized carbons (Fsp3) is 0.830. The molecule has 0 spiro atoms. The van der Waals surface area contributed by atoms with Crippen LogP contribution >= 0.6 is 7.82 Å². The highest BCUT2D eigenvalue weighted by Gasteiger charge is 2.51. The quantitative estimate of drug-likeness (QED) is 0.0147. The fourth-order valence-corrected chi connectivity index (χ4v) is 8.05. The molecule has 0 heterocycles. The van der Waals surface area contributed by atoms with Gasteiger partial charge in [-0.05, 0) is 70.6 Å². The third kappa shape index (κ3) is 30.0. The van der Waals surface area contributed by atoms with Crippen molar-refractivity contribution < 1.29 is 63.1 Å². The average molecular weight is 889 g/mol. The van der Waals surface area contributed by atoms with Gasteiger partial charge >= 0.3 is 19.8 Å². The van der Waals surface area contributed by atoms with E-state index in [0.717, 1.165) is 77.0 Å². The first-order valence-corrected chi connectivity index (χ1v) is 25.3. The molecular formula is C47H85O13P. The molecular weight excluding hydrogens is 803 g/mol. The number of phosphoric ester groups is 1. The van der Waals surface area contributed by atoms with E-state index in [1.165, 1.54) is 77.0 Å². The minimum absolute atomic E-state index is 0.0860. The Balaban J connectivity index is 2.43. The van der Waals surface area contributed by atoms with E-state index in [9.17, 15) is 44.6 Å². The van der Waals surface area contributed by atoms with Crippen molar-refractivity contribution in [2.75, 3.05) is 13.2 Å². The summed E-state index contributed by atoms with van der Waals surface area (Å²) in [5.74, 6) is -1.11. The molecule has 1 rings (SSSR count). The SMILES string of the molecule is CCCCC/C=C\C/C=C\CCCCCCCCCCCC(=O)OC[C@H](COP(=O)(O)OC1C(O)C(O)C(O)[C@@H](O)C1O)OC(=O)CCCCCCC/C=C\CCCCCC. The van der Waals surface area contributed by atoms with E-state index in [4.69, 9.17) is 18.5 Å². The van der Waals surface area contributed by atoms with E-state index in [0.29, 0.717) is 12.8 Å². The van der Waals surface area contributed by atoms with Gasteiger partial charge in [0.2, 0.25) is 0 Å². The summed E-state index contributed by atoms with van der Waals surface area (Å²) in [6.07, 6.45) is 29.1. The van der Waals surface area contributed by atoms with Crippen molar-refractivity contribution in [3.63, 3.8) is 0 Å². The molecule has 1 aliphatic rings. The lowest BCUT2D eigenvalue weighted by molar-refractivity contribution is -0.220. The first-order chi connectivity index (χ1) is 29.4. The van der Waals surface area contributed by atoms with E-state index >= 15 is 0 Å². The number of esters is 2. The van der Waals surface area contributed by atoms with E-state index in [1.807, 2.05) is 0 Å². The largest absolute Gasteiger partial charge is 0.472 e. The first-order valence-electron chi connectivity index (χ1n) is 23.8. The van der Waals surface area contributed by atoms with Crippen LogP contribution in [-0.4, -0.2) is 98.3 Å². The second-order valence-corrected chi connectivity index (χ2v) is 18.0. The van der Waals surface area contributed by atoms with Gasteiger partial charge in [-0.1, -0.05) is 147 Å². The number of aliphatic hydroxyl groups excluding tert-OH is 5. The third-order valence-corrected chi connectivity index (χ3v) is 11.9. The lowest BCUT2D eigenvalue weighted by Gasteiger charge is -2.41. The number of unbranched alkanes of at least 4 members (excludes halogenated alkanes) is 21. The second-order valence-electron chi connectivity index (χ2n) is 16.6. The van der Waals surface area contributed by atoms with Gasteiger partial charge in [-0.3, -0.25) is 18.6 Å². The standard InChI is InChI=1S/C47H85O13P/c1-3-5-7-9-11-13-15-17-18-19-20-21-22-24-25-27-29-31-33-35-40(48)57-37-39(38-58-61(55,56)60-47-45(53)43(51)42(50)44(52)46(47)54)59-41(49)36-34-32-30-28-26-23-16-14-12-10-8-6-4-2/h11,13-14,16-18,39,42-47,50-54H,3-10,12,15,19-38H2,1-2H3,(H,55,56)/b13-11-,16-14-,18-17-/t39-,42?,43-,44?,45?,46?,47?/m1/s1. The Bertz CT molecular complexity index is 1210. The summed E-state index contributed by atoms with van der Waals surface area (Å²) in [5.41, 5.74) is 0. The molecule has 6 unspecified atom stereocenters. The third-order valence-electron chi connectivity index (χ3n) is 11.0. The number of hydrogen-bond acceptors (Lipinski definition) is 12. The zero-order valence-corrected chi connectivity index (χ0v) is 38.6. The fourth-order valence-electron chi connectivity index (χ4n) is 7.08. The maximum absolute atomic E-state index is 12.8. The Kier molecular flexibility index (Phi) is 35.0. The molecule has 0 amide bonds. The minimum Gasteiger partial charge on any atom is -0.462 e. The molecule has 6 N–H and O–H groups in total. The van der Waals surface area contributed by atoms with Crippen LogP contribution in [0.25, 0.3) is 0 Å². The summed E-state index contributed by atoms with van der Waals surface area (Å²) in [6.45, 7) is 3.25. The predicted molar refractivity (Wildman–Crippen MR) is 240 cm³/mol. The van der Waals surface area contributed by atoms with Crippen LogP contribution in [0.15, 0.2) is 36.5 Å². The summed E-state index contributed by atoms with van der Waals surface area (Å²) in [7, 11) is -5.12. The highest BCUT2D eigenvalue weighted by atomic mass is 31.2. The average Bonchev–Trinajstić information content (AvgIpc) is 3.24. The van der Waals surface area contributed by atoms with Crippen LogP contribution in [0.4, 0.5) is 0 Å². The topological polar surface area (TPSA) is 210 Å². The van der Waals surface area contributed by atoms with Crippen LogP contribution in [0.5, 0.6) is 0 Å². The Labute approximate surface area is 368 Å². The Morgan fingerprint density at radius 2 is 0.885 bits per heavy atom. The van der Waals surface area contributed by atoms with Crippen molar-refractivity contribution in [2.45, 2.75) is 236 Å². The molecule has 61 heavy (non-hydrogen) atoms. The van der Waals surface area contributed by atoms with Gasteiger partial charge in [-0.25, -0.2) is 4.57 Å². The highest BCUT2D eigenvalue weighted by molar-refractivity contribution is 7.47. The zero-order valence-electron chi connectivity index (χ0n) is 37.7. The van der Waals surface area contributed by atoms with Crippen LogP contribution in [0.3, 0.4) is 0 Å². The van der Waals surface area contributed by atoms with Gasteiger partial charge in [0.15, 0.2) is 6.10 Å². The molecule has 0 aromatic rings. The maximum Gasteiger partial charge on any atom is 0.472 e. The lowest BCUT2D eigenvalue weighted by Crippen LogP contribution is -2.64. The van der Waals surface area contributed by atoms with Gasteiger partial charge in [-0.15, -0.1) is 0 Å². The summed E-state index contributed by atoms with van der Waals surface area (Å²) in [4.78, 5) is 35.7. The van der Waals surface area contributed by atoms with Gasteiger partial charge in [0.1, 0.15) is 43.2 Å². The first kappa shape index (κ1) is 57.1. The Hall–Kier alpha value is -1.93. The smallest absolute Gasteiger partial charge is 0.462 e. The summed E-state index contributed by atoms with van der Waals surface area (Å²) in [5, 5.41) is 50.1. The molecule has 1 saturated carbocycles. The number of carbonyl (C=O) groups is 2. The van der Waals surface area contributed by atoms with E-state index < -0.39 is 75.7 Å². The molecule has 0 aliphatic heterocycles. The number of carbonyl (C=O) groups excluding carboxylic acids is 2. The van der Waals surface area contributed by atoms with Gasteiger partial charge in [-0.2, -0.15) is 0 Å². The monoisotopic (exact) mass is 889 g/mol. The van der Waals surface area contributed by atoms with Crippen molar-refractivity contribution in [1.82, 2.24) is 0 Å². The van der Waals surface area contributed by atoms with Gasteiger partial charge < -0.3 is 39.9 Å². The molecule has 8 atom stereocenters. The van der Waals surface area contributed by atoms with Crippen LogP contribution in [0.2, 0.25) is 0 Å². The van der Waals surface area contributed by atoms with Crippen LogP contribution in [0.1, 0.15) is 194 Å². The molecule has 1 aliphatic carbocycles. The van der Waals surface area contributed by atoms with Gasteiger partial charge in [0.05, 0.1) is 6.61 Å². The highest BCUT2D eigenvalue weighted by Crippen LogP contribution is 2.47. The van der Waals surface area contributed by atoms with Gasteiger partial charge in [0.25, 0.3) is 0 Å². The molecule has 0 radical (unpaired) electrons. The number of rotatable bonds is 39. The number of phosphoric acid groups is 1. The lowest BCUT2D eigenvalue weighted by atomic mass is 9.85. The van der Waals surface area contributed by atoms with Crippen molar-refractivity contribution in [2.24, 2.45) is 0 Å². The van der Waals surface area contributed by atoms with E-state index in [-0.39, 0.29) is 12.8 Å². The molecule has 1 fully saturated rings. The Morgan fingerprint density at radius 1 is 0.508 bits per heavy atom. The molecule has 0 aromatic heterocycles. The molecule has 14 heteroatoms. The maximum atomic E-state index is 12.8.